The summed E-state index contributed by atoms with van der Waals surface area (Å²) in [5.41, 5.74) is 3.14. The fourth-order valence-electron chi connectivity index (χ4n) is 3.21. The number of hydrogen-bond donors (Lipinski definition) is 2. The summed E-state index contributed by atoms with van der Waals surface area (Å²) in [6.07, 6.45) is 6.89. The summed E-state index contributed by atoms with van der Waals surface area (Å²) in [6.45, 7) is 7.04. The Labute approximate surface area is 163 Å². The van der Waals surface area contributed by atoms with E-state index in [-0.39, 0.29) is 24.0 Å². The van der Waals surface area contributed by atoms with Crippen LogP contribution in [-0.2, 0) is 6.54 Å². The highest BCUT2D eigenvalue weighted by molar-refractivity contribution is 14.0. The Bertz CT molecular complexity index is 554. The molecule has 1 aromatic rings. The number of hydrogen-bond acceptors (Lipinski definition) is 3. The van der Waals surface area contributed by atoms with Gasteiger partial charge in [0.2, 0.25) is 0 Å². The largest absolute Gasteiger partial charge is 0.496 e. The molecule has 2 rings (SSSR count). The Balaban J connectivity index is 0.00000288. The Morgan fingerprint density at radius 2 is 1.96 bits per heavy atom. The van der Waals surface area contributed by atoms with Crippen LogP contribution in [0.5, 0.6) is 5.75 Å². The van der Waals surface area contributed by atoms with E-state index in [0.29, 0.717) is 12.6 Å². The third-order valence-corrected chi connectivity index (χ3v) is 4.75. The SMILES string of the molecule is CN=C(NCc1ncc(C)c(OC)c1C)NC1CCC(C)CC1.I. The number of nitrogens with one attached hydrogen (secondary N) is 2. The van der Waals surface area contributed by atoms with Crippen molar-refractivity contribution in [1.29, 1.82) is 0 Å². The first-order valence-corrected chi connectivity index (χ1v) is 8.51. The van der Waals surface area contributed by atoms with Gasteiger partial charge in [-0.05, 0) is 45.4 Å². The van der Waals surface area contributed by atoms with Crippen LogP contribution in [-0.4, -0.2) is 31.1 Å². The summed E-state index contributed by atoms with van der Waals surface area (Å²) in [5.74, 6) is 2.63. The molecule has 0 unspecified atom stereocenters. The lowest BCUT2D eigenvalue weighted by molar-refractivity contribution is 0.329. The van der Waals surface area contributed by atoms with Gasteiger partial charge >= 0.3 is 0 Å². The van der Waals surface area contributed by atoms with Gasteiger partial charge in [0, 0.05) is 30.4 Å². The maximum Gasteiger partial charge on any atom is 0.191 e. The second-order valence-corrected chi connectivity index (χ2v) is 6.57. The third kappa shape index (κ3) is 5.50. The standard InChI is InChI=1S/C18H30N4O.HI/c1-12-6-8-15(9-7-12)22-18(19-4)21-11-16-14(3)17(23-5)13(2)10-20-16;/h10,12,15H,6-9,11H2,1-5H3,(H2,19,21,22);1H. The molecule has 1 aromatic heterocycles. The Hall–Kier alpha value is -1.05. The van der Waals surface area contributed by atoms with Crippen molar-refractivity contribution in [3.05, 3.63) is 23.0 Å². The molecule has 1 aliphatic carbocycles. The molecular formula is C18H31IN4O. The van der Waals surface area contributed by atoms with Crippen molar-refractivity contribution in [2.75, 3.05) is 14.2 Å². The molecule has 2 N–H and O–H groups in total. The Morgan fingerprint density at radius 1 is 1.29 bits per heavy atom. The second kappa shape index (κ2) is 10.1. The molecule has 0 amide bonds. The summed E-state index contributed by atoms with van der Waals surface area (Å²) in [5, 5.41) is 6.91. The molecule has 0 radical (unpaired) electrons. The molecule has 6 heteroatoms. The number of halogens is 1. The van der Waals surface area contributed by atoms with E-state index in [1.807, 2.05) is 20.2 Å². The summed E-state index contributed by atoms with van der Waals surface area (Å²) in [4.78, 5) is 8.87. The summed E-state index contributed by atoms with van der Waals surface area (Å²) >= 11 is 0. The number of rotatable bonds is 4. The van der Waals surface area contributed by atoms with Gasteiger partial charge in [-0.3, -0.25) is 9.98 Å². The molecule has 136 valence electrons. The van der Waals surface area contributed by atoms with Gasteiger partial charge in [0.1, 0.15) is 5.75 Å². The van der Waals surface area contributed by atoms with E-state index in [2.05, 4.69) is 34.5 Å². The predicted molar refractivity (Wildman–Crippen MR) is 110 cm³/mol. The van der Waals surface area contributed by atoms with Crippen molar-refractivity contribution in [1.82, 2.24) is 15.6 Å². The van der Waals surface area contributed by atoms with Crippen LogP contribution in [0.15, 0.2) is 11.2 Å². The highest BCUT2D eigenvalue weighted by Gasteiger charge is 2.19. The van der Waals surface area contributed by atoms with Crippen molar-refractivity contribution in [2.24, 2.45) is 10.9 Å². The van der Waals surface area contributed by atoms with Crippen LogP contribution in [0.1, 0.15) is 49.4 Å². The number of aromatic nitrogens is 1. The molecule has 1 saturated carbocycles. The van der Waals surface area contributed by atoms with Crippen molar-refractivity contribution in [3.8, 4) is 5.75 Å². The number of nitrogens with zero attached hydrogens (tertiary/aromatic N) is 2. The van der Waals surface area contributed by atoms with E-state index in [0.717, 1.165) is 34.4 Å². The minimum absolute atomic E-state index is 0. The second-order valence-electron chi connectivity index (χ2n) is 6.57. The summed E-state index contributed by atoms with van der Waals surface area (Å²) in [6, 6.07) is 0.527. The van der Waals surface area contributed by atoms with E-state index >= 15 is 0 Å². The maximum absolute atomic E-state index is 5.47. The van der Waals surface area contributed by atoms with E-state index in [9.17, 15) is 0 Å². The van der Waals surface area contributed by atoms with Crippen molar-refractivity contribution in [2.45, 2.75) is 59.0 Å². The lowest BCUT2D eigenvalue weighted by Gasteiger charge is -2.28. The van der Waals surface area contributed by atoms with E-state index in [4.69, 9.17) is 4.74 Å². The van der Waals surface area contributed by atoms with Gasteiger partial charge in [-0.2, -0.15) is 0 Å². The van der Waals surface area contributed by atoms with E-state index < -0.39 is 0 Å². The van der Waals surface area contributed by atoms with Crippen LogP contribution >= 0.6 is 24.0 Å². The number of aliphatic imine (C=N–C) groups is 1. The molecule has 0 atom stereocenters. The minimum atomic E-state index is 0. The lowest BCUT2D eigenvalue weighted by Crippen LogP contribution is -2.44. The van der Waals surface area contributed by atoms with Gasteiger partial charge in [0.15, 0.2) is 5.96 Å². The average molecular weight is 446 g/mol. The van der Waals surface area contributed by atoms with Crippen molar-refractivity contribution < 1.29 is 4.74 Å². The van der Waals surface area contributed by atoms with Gasteiger partial charge in [-0.15, -0.1) is 24.0 Å². The predicted octanol–water partition coefficient (Wildman–Crippen LogP) is 3.57. The van der Waals surface area contributed by atoms with Crippen LogP contribution in [0, 0.1) is 19.8 Å². The first-order chi connectivity index (χ1) is 11.0. The molecule has 1 heterocycles. The first kappa shape index (κ1) is 21.0. The van der Waals surface area contributed by atoms with Crippen LogP contribution in [0.25, 0.3) is 0 Å². The molecule has 1 aliphatic rings. The highest BCUT2D eigenvalue weighted by Crippen LogP contribution is 2.24. The smallest absolute Gasteiger partial charge is 0.191 e. The number of ether oxygens (including phenoxy) is 1. The number of aryl methyl sites for hydroxylation is 1. The van der Waals surface area contributed by atoms with E-state index in [1.165, 1.54) is 25.7 Å². The zero-order valence-electron chi connectivity index (χ0n) is 15.5. The fourth-order valence-corrected chi connectivity index (χ4v) is 3.21. The molecule has 0 bridgehead atoms. The number of guanidine groups is 1. The summed E-state index contributed by atoms with van der Waals surface area (Å²) in [7, 11) is 3.52. The quantitative estimate of drug-likeness (QED) is 0.422. The van der Waals surface area contributed by atoms with Gasteiger partial charge in [0.25, 0.3) is 0 Å². The maximum atomic E-state index is 5.47. The lowest BCUT2D eigenvalue weighted by atomic mass is 9.87. The Morgan fingerprint density at radius 3 is 2.54 bits per heavy atom. The summed E-state index contributed by atoms with van der Waals surface area (Å²) < 4.78 is 5.47. The van der Waals surface area contributed by atoms with Gasteiger partial charge in [-0.1, -0.05) is 6.92 Å². The van der Waals surface area contributed by atoms with Crippen LogP contribution in [0.2, 0.25) is 0 Å². The average Bonchev–Trinajstić information content (AvgIpc) is 2.55. The van der Waals surface area contributed by atoms with Crippen LogP contribution in [0.3, 0.4) is 0 Å². The molecule has 0 aliphatic heterocycles. The normalized spacial score (nSPS) is 21.0. The van der Waals surface area contributed by atoms with Crippen LogP contribution < -0.4 is 15.4 Å². The number of pyridine rings is 1. The molecular weight excluding hydrogens is 415 g/mol. The van der Waals surface area contributed by atoms with Gasteiger partial charge in [0.05, 0.1) is 19.3 Å². The molecule has 1 fully saturated rings. The Kier molecular flexibility index (Phi) is 8.80. The zero-order chi connectivity index (χ0) is 16.8. The number of methoxy groups -OCH3 is 1. The topological polar surface area (TPSA) is 58.5 Å². The molecule has 0 aromatic carbocycles. The zero-order valence-corrected chi connectivity index (χ0v) is 17.8. The molecule has 5 nitrogen and oxygen atoms in total. The molecule has 0 saturated heterocycles. The minimum Gasteiger partial charge on any atom is -0.496 e. The van der Waals surface area contributed by atoms with Crippen molar-refractivity contribution >= 4 is 29.9 Å². The van der Waals surface area contributed by atoms with Crippen LogP contribution in [0.4, 0.5) is 0 Å². The highest BCUT2D eigenvalue weighted by atomic mass is 127. The first-order valence-electron chi connectivity index (χ1n) is 8.51. The molecule has 24 heavy (non-hydrogen) atoms. The van der Waals surface area contributed by atoms with Crippen molar-refractivity contribution in [3.63, 3.8) is 0 Å². The van der Waals surface area contributed by atoms with E-state index in [1.54, 1.807) is 7.11 Å². The molecule has 0 spiro atoms. The monoisotopic (exact) mass is 446 g/mol. The van der Waals surface area contributed by atoms with Gasteiger partial charge in [-0.25, -0.2) is 0 Å². The van der Waals surface area contributed by atoms with Gasteiger partial charge < -0.3 is 15.4 Å². The third-order valence-electron chi connectivity index (χ3n) is 4.75. The fraction of sp³-hybridized carbons (Fsp3) is 0.667.